The Labute approximate surface area is 132 Å². The number of benzene rings is 2. The summed E-state index contributed by atoms with van der Waals surface area (Å²) in [6.07, 6.45) is 0. The molecule has 22 heavy (non-hydrogen) atoms. The highest BCUT2D eigenvalue weighted by atomic mass is 32.1. The van der Waals surface area contributed by atoms with Crippen molar-refractivity contribution in [2.45, 2.75) is 6.61 Å². The van der Waals surface area contributed by atoms with Crippen LogP contribution in [0.2, 0.25) is 0 Å². The molecule has 3 nitrogen and oxygen atoms in total. The van der Waals surface area contributed by atoms with Crippen LogP contribution in [0, 0.1) is 0 Å². The maximum absolute atomic E-state index is 10.8. The van der Waals surface area contributed by atoms with Crippen molar-refractivity contribution < 1.29 is 14.6 Å². The maximum Gasteiger partial charge on any atom is 0.346 e. The number of carboxylic acids is 1. The highest BCUT2D eigenvalue weighted by Crippen LogP contribution is 2.23. The molecule has 0 saturated heterocycles. The molecule has 0 aliphatic heterocycles. The zero-order valence-corrected chi connectivity index (χ0v) is 12.5. The molecule has 0 bridgehead atoms. The van der Waals surface area contributed by atoms with E-state index in [1.807, 2.05) is 30.3 Å². The fraction of sp³-hybridized carbons (Fsp3) is 0.0556. The number of aromatic carboxylic acids is 1. The zero-order valence-electron chi connectivity index (χ0n) is 11.7. The van der Waals surface area contributed by atoms with Gasteiger partial charge in [-0.1, -0.05) is 54.6 Å². The lowest BCUT2D eigenvalue weighted by atomic mass is 10.0. The highest BCUT2D eigenvalue weighted by molar-refractivity contribution is 7.12. The van der Waals surface area contributed by atoms with Gasteiger partial charge in [-0.25, -0.2) is 4.79 Å². The Balaban J connectivity index is 1.65. The standard InChI is InChI=1S/C18H14O3S/c19-18(20)17-10-16(12-22-17)21-11-13-6-8-15(9-7-13)14-4-2-1-3-5-14/h1-10,12H,11H2,(H,19,20). The van der Waals surface area contributed by atoms with Gasteiger partial charge in [0.15, 0.2) is 0 Å². The van der Waals surface area contributed by atoms with Crippen LogP contribution in [0.5, 0.6) is 5.75 Å². The third-order valence-corrected chi connectivity index (χ3v) is 4.15. The average molecular weight is 310 g/mol. The van der Waals surface area contributed by atoms with Crippen molar-refractivity contribution in [2.75, 3.05) is 0 Å². The van der Waals surface area contributed by atoms with Crippen LogP contribution in [0.4, 0.5) is 0 Å². The van der Waals surface area contributed by atoms with Crippen molar-refractivity contribution >= 4 is 17.3 Å². The summed E-state index contributed by atoms with van der Waals surface area (Å²) in [5.74, 6) is -0.332. The molecule has 2 aromatic carbocycles. The summed E-state index contributed by atoms with van der Waals surface area (Å²) in [6, 6.07) is 19.9. The van der Waals surface area contributed by atoms with Crippen LogP contribution < -0.4 is 4.74 Å². The van der Waals surface area contributed by atoms with Gasteiger partial charge >= 0.3 is 5.97 Å². The van der Waals surface area contributed by atoms with Gasteiger partial charge in [0.05, 0.1) is 0 Å². The van der Waals surface area contributed by atoms with Crippen molar-refractivity contribution in [3.63, 3.8) is 0 Å². The molecule has 0 amide bonds. The van der Waals surface area contributed by atoms with Gasteiger partial charge in [-0.2, -0.15) is 0 Å². The number of carboxylic acid groups (broad SMARTS) is 1. The van der Waals surface area contributed by atoms with E-state index in [1.165, 1.54) is 16.9 Å². The highest BCUT2D eigenvalue weighted by Gasteiger charge is 2.07. The fourth-order valence-electron chi connectivity index (χ4n) is 2.10. The molecule has 0 radical (unpaired) electrons. The lowest BCUT2D eigenvalue weighted by molar-refractivity contribution is 0.0702. The van der Waals surface area contributed by atoms with Crippen molar-refractivity contribution in [1.29, 1.82) is 0 Å². The summed E-state index contributed by atoms with van der Waals surface area (Å²) in [4.78, 5) is 11.1. The predicted molar refractivity (Wildman–Crippen MR) is 87.5 cm³/mol. The Morgan fingerprint density at radius 2 is 1.68 bits per heavy atom. The molecule has 0 aliphatic rings. The van der Waals surface area contributed by atoms with E-state index in [2.05, 4.69) is 24.3 Å². The van der Waals surface area contributed by atoms with E-state index in [1.54, 1.807) is 11.4 Å². The largest absolute Gasteiger partial charge is 0.488 e. The molecule has 1 N–H and O–H groups in total. The Morgan fingerprint density at radius 1 is 1.00 bits per heavy atom. The summed E-state index contributed by atoms with van der Waals surface area (Å²) < 4.78 is 5.62. The van der Waals surface area contributed by atoms with Gasteiger partial charge < -0.3 is 9.84 Å². The fourth-order valence-corrected chi connectivity index (χ4v) is 2.76. The molecule has 1 aromatic heterocycles. The minimum atomic E-state index is -0.924. The van der Waals surface area contributed by atoms with E-state index in [0.29, 0.717) is 12.4 Å². The molecule has 3 rings (SSSR count). The molecule has 0 atom stereocenters. The zero-order chi connectivity index (χ0) is 15.4. The number of rotatable bonds is 5. The van der Waals surface area contributed by atoms with Crippen LogP contribution in [0.25, 0.3) is 11.1 Å². The van der Waals surface area contributed by atoms with Crippen molar-refractivity contribution in [3.8, 4) is 16.9 Å². The second-order valence-corrected chi connectivity index (χ2v) is 5.71. The second-order valence-electron chi connectivity index (χ2n) is 4.80. The molecule has 3 aromatic rings. The molecule has 0 fully saturated rings. The van der Waals surface area contributed by atoms with Crippen LogP contribution in [-0.2, 0) is 6.61 Å². The number of hydrogen-bond donors (Lipinski definition) is 1. The molecular formula is C18H14O3S. The number of carbonyl (C=O) groups is 1. The van der Waals surface area contributed by atoms with E-state index < -0.39 is 5.97 Å². The number of thiophene rings is 1. The minimum absolute atomic E-state index is 0.287. The van der Waals surface area contributed by atoms with Gasteiger partial charge in [-0.05, 0) is 16.7 Å². The molecule has 4 heteroatoms. The second kappa shape index (κ2) is 6.45. The average Bonchev–Trinajstić information content (AvgIpc) is 3.04. The van der Waals surface area contributed by atoms with Gasteiger partial charge in [0.25, 0.3) is 0 Å². The Kier molecular flexibility index (Phi) is 4.21. The molecule has 1 heterocycles. The first kappa shape index (κ1) is 14.4. The SMILES string of the molecule is O=C(O)c1cc(OCc2ccc(-c3ccccc3)cc2)cs1. The number of hydrogen-bond acceptors (Lipinski definition) is 3. The van der Waals surface area contributed by atoms with Gasteiger partial charge in [-0.15, -0.1) is 11.3 Å². The molecule has 0 spiro atoms. The van der Waals surface area contributed by atoms with E-state index in [-0.39, 0.29) is 4.88 Å². The van der Waals surface area contributed by atoms with E-state index >= 15 is 0 Å². The van der Waals surface area contributed by atoms with E-state index in [0.717, 1.165) is 11.1 Å². The Hall–Kier alpha value is -2.59. The summed E-state index contributed by atoms with van der Waals surface area (Å²) in [5, 5.41) is 10.6. The molecular weight excluding hydrogens is 296 g/mol. The normalized spacial score (nSPS) is 10.4. The molecule has 0 unspecified atom stereocenters. The van der Waals surface area contributed by atoms with Crippen LogP contribution in [0.3, 0.4) is 0 Å². The lowest BCUT2D eigenvalue weighted by Gasteiger charge is -2.06. The first-order valence-electron chi connectivity index (χ1n) is 6.81. The molecule has 0 aliphatic carbocycles. The third kappa shape index (κ3) is 3.35. The first-order chi connectivity index (χ1) is 10.7. The topological polar surface area (TPSA) is 46.5 Å². The van der Waals surface area contributed by atoms with Crippen molar-refractivity contribution in [2.24, 2.45) is 0 Å². The van der Waals surface area contributed by atoms with Gasteiger partial charge in [0.1, 0.15) is 17.2 Å². The third-order valence-electron chi connectivity index (χ3n) is 3.25. The van der Waals surface area contributed by atoms with Gasteiger partial charge in [0.2, 0.25) is 0 Å². The van der Waals surface area contributed by atoms with Crippen LogP contribution >= 0.6 is 11.3 Å². The Morgan fingerprint density at radius 3 is 2.32 bits per heavy atom. The van der Waals surface area contributed by atoms with E-state index in [9.17, 15) is 4.79 Å². The summed E-state index contributed by atoms with van der Waals surface area (Å²) in [6.45, 7) is 0.421. The minimum Gasteiger partial charge on any atom is -0.488 e. The Bertz CT molecular complexity index is 761. The van der Waals surface area contributed by atoms with Crippen LogP contribution in [0.15, 0.2) is 66.0 Å². The lowest BCUT2D eigenvalue weighted by Crippen LogP contribution is -1.95. The summed E-state index contributed by atoms with van der Waals surface area (Å²) in [5.41, 5.74) is 3.38. The smallest absolute Gasteiger partial charge is 0.346 e. The van der Waals surface area contributed by atoms with E-state index in [4.69, 9.17) is 9.84 Å². The van der Waals surface area contributed by atoms with Gasteiger partial charge in [-0.3, -0.25) is 0 Å². The van der Waals surface area contributed by atoms with Crippen molar-refractivity contribution in [1.82, 2.24) is 0 Å². The number of ether oxygens (including phenoxy) is 1. The monoisotopic (exact) mass is 310 g/mol. The van der Waals surface area contributed by atoms with Gasteiger partial charge in [0, 0.05) is 11.4 Å². The summed E-state index contributed by atoms with van der Waals surface area (Å²) >= 11 is 1.17. The predicted octanol–water partition coefficient (Wildman–Crippen LogP) is 4.69. The van der Waals surface area contributed by atoms with Crippen molar-refractivity contribution in [3.05, 3.63) is 76.5 Å². The summed E-state index contributed by atoms with van der Waals surface area (Å²) in [7, 11) is 0. The van der Waals surface area contributed by atoms with Crippen LogP contribution in [0.1, 0.15) is 15.2 Å². The van der Waals surface area contributed by atoms with Crippen LogP contribution in [-0.4, -0.2) is 11.1 Å². The quantitative estimate of drug-likeness (QED) is 0.743. The first-order valence-corrected chi connectivity index (χ1v) is 7.69. The maximum atomic E-state index is 10.8. The molecule has 110 valence electrons. The molecule has 0 saturated carbocycles.